The molecular weight excluding hydrogens is 311 g/mol. The number of carbonyl (C=O) groups is 1. The lowest BCUT2D eigenvalue weighted by Crippen LogP contribution is -2.29. The first kappa shape index (κ1) is 13.4. The third kappa shape index (κ3) is 2.68. The van der Waals surface area contributed by atoms with Gasteiger partial charge in [-0.15, -0.1) is 0 Å². The van der Waals surface area contributed by atoms with Crippen LogP contribution in [0, 0.1) is 0 Å². The van der Waals surface area contributed by atoms with E-state index in [1.807, 2.05) is 0 Å². The van der Waals surface area contributed by atoms with Gasteiger partial charge in [0.25, 0.3) is 5.91 Å². The van der Waals surface area contributed by atoms with Gasteiger partial charge in [0.2, 0.25) is 0 Å². The minimum atomic E-state index is -4.44. The molecule has 0 bridgehead atoms. The van der Waals surface area contributed by atoms with E-state index in [9.17, 15) is 18.0 Å². The number of nitrogens with zero attached hydrogens (tertiary/aromatic N) is 1. The molecule has 2 nitrogen and oxygen atoms in total. The number of hydrogen-bond donors (Lipinski definition) is 0. The van der Waals surface area contributed by atoms with Crippen molar-refractivity contribution in [2.45, 2.75) is 25.1 Å². The van der Waals surface area contributed by atoms with Crippen LogP contribution in [-0.4, -0.2) is 23.9 Å². The number of benzene rings is 1. The Kier molecular flexibility index (Phi) is 3.40. The van der Waals surface area contributed by atoms with Crippen LogP contribution in [0.2, 0.25) is 0 Å². The van der Waals surface area contributed by atoms with Crippen LogP contribution in [-0.2, 0) is 6.18 Å². The SMILES string of the molecule is CN(C(=O)c1cc(C(F)(F)F)ccc1Br)C1CC1. The summed E-state index contributed by atoms with van der Waals surface area (Å²) >= 11 is 3.12. The van der Waals surface area contributed by atoms with Crippen molar-refractivity contribution in [3.8, 4) is 0 Å². The second-order valence-electron chi connectivity index (χ2n) is 4.34. The highest BCUT2D eigenvalue weighted by atomic mass is 79.9. The Morgan fingerprint density at radius 3 is 2.50 bits per heavy atom. The molecule has 1 fully saturated rings. The molecule has 0 atom stereocenters. The van der Waals surface area contributed by atoms with Crippen molar-refractivity contribution in [1.29, 1.82) is 0 Å². The van der Waals surface area contributed by atoms with Gasteiger partial charge in [-0.25, -0.2) is 0 Å². The van der Waals surface area contributed by atoms with E-state index >= 15 is 0 Å². The summed E-state index contributed by atoms with van der Waals surface area (Å²) in [6.07, 6.45) is -2.61. The highest BCUT2D eigenvalue weighted by Gasteiger charge is 2.34. The molecule has 2 rings (SSSR count). The lowest BCUT2D eigenvalue weighted by Gasteiger charge is -2.18. The number of rotatable bonds is 2. The molecule has 0 N–H and O–H groups in total. The van der Waals surface area contributed by atoms with E-state index in [0.29, 0.717) is 4.47 Å². The number of halogens is 4. The normalized spacial score (nSPS) is 15.6. The molecule has 0 unspecified atom stereocenters. The summed E-state index contributed by atoms with van der Waals surface area (Å²) in [5.74, 6) is -0.379. The van der Waals surface area contributed by atoms with Crippen LogP contribution < -0.4 is 0 Å². The summed E-state index contributed by atoms with van der Waals surface area (Å²) in [5.41, 5.74) is -0.752. The molecule has 1 aliphatic carbocycles. The molecule has 0 spiro atoms. The standard InChI is InChI=1S/C12H11BrF3NO/c1-17(8-3-4-8)11(18)9-6-7(12(14,15)16)2-5-10(9)13/h2,5-6,8H,3-4H2,1H3. The average Bonchev–Trinajstić information content (AvgIpc) is 3.10. The summed E-state index contributed by atoms with van der Waals surface area (Å²) in [6, 6.07) is 3.28. The van der Waals surface area contributed by atoms with Crippen LogP contribution in [0.5, 0.6) is 0 Å². The van der Waals surface area contributed by atoms with Crippen LogP contribution >= 0.6 is 15.9 Å². The van der Waals surface area contributed by atoms with Crippen molar-refractivity contribution in [3.05, 3.63) is 33.8 Å². The molecule has 0 radical (unpaired) electrons. The molecule has 6 heteroatoms. The fraction of sp³-hybridized carbons (Fsp3) is 0.417. The van der Waals surface area contributed by atoms with E-state index in [4.69, 9.17) is 0 Å². The summed E-state index contributed by atoms with van der Waals surface area (Å²) in [6.45, 7) is 0. The minimum Gasteiger partial charge on any atom is -0.339 e. The number of amides is 1. The Hall–Kier alpha value is -1.04. The monoisotopic (exact) mass is 321 g/mol. The Balaban J connectivity index is 2.34. The lowest BCUT2D eigenvalue weighted by molar-refractivity contribution is -0.137. The van der Waals surface area contributed by atoms with Gasteiger partial charge in [-0.1, -0.05) is 0 Å². The first-order valence-corrected chi connectivity index (χ1v) is 6.24. The van der Waals surface area contributed by atoms with E-state index in [0.717, 1.165) is 25.0 Å². The predicted octanol–water partition coefficient (Wildman–Crippen LogP) is 3.70. The van der Waals surface area contributed by atoms with Gasteiger partial charge in [-0.05, 0) is 47.0 Å². The Morgan fingerprint density at radius 2 is 2.00 bits per heavy atom. The topological polar surface area (TPSA) is 20.3 Å². The zero-order chi connectivity index (χ0) is 13.5. The molecule has 1 aromatic carbocycles. The third-order valence-electron chi connectivity index (χ3n) is 2.94. The fourth-order valence-electron chi connectivity index (χ4n) is 1.68. The molecule has 98 valence electrons. The highest BCUT2D eigenvalue weighted by Crippen LogP contribution is 2.33. The Morgan fingerprint density at radius 1 is 1.39 bits per heavy atom. The van der Waals surface area contributed by atoms with Gasteiger partial charge < -0.3 is 4.90 Å². The molecule has 0 heterocycles. The highest BCUT2D eigenvalue weighted by molar-refractivity contribution is 9.10. The second-order valence-corrected chi connectivity index (χ2v) is 5.19. The van der Waals surface area contributed by atoms with Gasteiger partial charge >= 0.3 is 6.18 Å². The van der Waals surface area contributed by atoms with Crippen molar-refractivity contribution in [2.75, 3.05) is 7.05 Å². The molecule has 1 aliphatic rings. The summed E-state index contributed by atoms with van der Waals surface area (Å²) in [7, 11) is 1.62. The van der Waals surface area contributed by atoms with Crippen LogP contribution in [0.25, 0.3) is 0 Å². The van der Waals surface area contributed by atoms with Gasteiger partial charge in [0.15, 0.2) is 0 Å². The predicted molar refractivity (Wildman–Crippen MR) is 64.3 cm³/mol. The largest absolute Gasteiger partial charge is 0.416 e. The van der Waals surface area contributed by atoms with Crippen LogP contribution in [0.1, 0.15) is 28.8 Å². The molecule has 18 heavy (non-hydrogen) atoms. The van der Waals surface area contributed by atoms with Crippen molar-refractivity contribution >= 4 is 21.8 Å². The molecular formula is C12H11BrF3NO. The van der Waals surface area contributed by atoms with E-state index in [1.165, 1.54) is 11.0 Å². The Bertz CT molecular complexity index is 483. The smallest absolute Gasteiger partial charge is 0.339 e. The van der Waals surface area contributed by atoms with E-state index in [1.54, 1.807) is 7.05 Å². The van der Waals surface area contributed by atoms with Crippen molar-refractivity contribution < 1.29 is 18.0 Å². The number of hydrogen-bond acceptors (Lipinski definition) is 1. The van der Waals surface area contributed by atoms with Crippen molar-refractivity contribution in [3.63, 3.8) is 0 Å². The minimum absolute atomic E-state index is 0.0548. The maximum absolute atomic E-state index is 12.6. The molecule has 1 amide bonds. The van der Waals surface area contributed by atoms with Crippen LogP contribution in [0.4, 0.5) is 13.2 Å². The maximum atomic E-state index is 12.6. The average molecular weight is 322 g/mol. The summed E-state index contributed by atoms with van der Waals surface area (Å²) < 4.78 is 38.2. The molecule has 1 aromatic rings. The Labute approximate surface area is 111 Å². The number of alkyl halides is 3. The van der Waals surface area contributed by atoms with Gasteiger partial charge in [-0.2, -0.15) is 13.2 Å². The molecule has 1 saturated carbocycles. The first-order valence-electron chi connectivity index (χ1n) is 5.44. The van der Waals surface area contributed by atoms with E-state index in [-0.39, 0.29) is 17.5 Å². The maximum Gasteiger partial charge on any atom is 0.416 e. The summed E-state index contributed by atoms with van der Waals surface area (Å²) in [5, 5.41) is 0. The zero-order valence-electron chi connectivity index (χ0n) is 9.59. The van der Waals surface area contributed by atoms with Crippen molar-refractivity contribution in [2.24, 2.45) is 0 Å². The lowest BCUT2D eigenvalue weighted by atomic mass is 10.1. The summed E-state index contributed by atoms with van der Waals surface area (Å²) in [4.78, 5) is 13.6. The second kappa shape index (κ2) is 4.57. The van der Waals surface area contributed by atoms with E-state index < -0.39 is 11.7 Å². The molecule has 0 saturated heterocycles. The third-order valence-corrected chi connectivity index (χ3v) is 3.63. The van der Waals surface area contributed by atoms with Gasteiger partial charge in [-0.3, -0.25) is 4.79 Å². The quantitative estimate of drug-likeness (QED) is 0.813. The van der Waals surface area contributed by atoms with Crippen LogP contribution in [0.15, 0.2) is 22.7 Å². The first-order chi connectivity index (χ1) is 8.30. The van der Waals surface area contributed by atoms with Crippen LogP contribution in [0.3, 0.4) is 0 Å². The van der Waals surface area contributed by atoms with Gasteiger partial charge in [0.05, 0.1) is 11.1 Å². The molecule has 0 aromatic heterocycles. The number of carbonyl (C=O) groups excluding carboxylic acids is 1. The van der Waals surface area contributed by atoms with Gasteiger partial charge in [0, 0.05) is 17.6 Å². The molecule has 0 aliphatic heterocycles. The fourth-order valence-corrected chi connectivity index (χ4v) is 2.10. The van der Waals surface area contributed by atoms with Crippen molar-refractivity contribution in [1.82, 2.24) is 4.90 Å². The zero-order valence-corrected chi connectivity index (χ0v) is 11.2. The van der Waals surface area contributed by atoms with Gasteiger partial charge in [0.1, 0.15) is 0 Å². The van der Waals surface area contributed by atoms with E-state index in [2.05, 4.69) is 15.9 Å².